The lowest BCUT2D eigenvalue weighted by atomic mass is 10.1. The van der Waals surface area contributed by atoms with Gasteiger partial charge in [-0.3, -0.25) is 0 Å². The summed E-state index contributed by atoms with van der Waals surface area (Å²) in [6, 6.07) is 7.57. The van der Waals surface area contributed by atoms with Crippen LogP contribution in [-0.2, 0) is 6.61 Å². The number of pyridine rings is 1. The van der Waals surface area contributed by atoms with Crippen LogP contribution in [0, 0.1) is 0 Å². The van der Waals surface area contributed by atoms with E-state index >= 15 is 0 Å². The first-order valence-electron chi connectivity index (χ1n) is 4.06. The molecule has 0 saturated carbocycles. The van der Waals surface area contributed by atoms with Gasteiger partial charge in [0.1, 0.15) is 5.82 Å². The van der Waals surface area contributed by atoms with Crippen molar-refractivity contribution in [3.8, 4) is 0 Å². The third-order valence-corrected chi connectivity index (χ3v) is 2.08. The molecule has 0 aliphatic heterocycles. The van der Waals surface area contributed by atoms with Gasteiger partial charge in [0.2, 0.25) is 0 Å². The summed E-state index contributed by atoms with van der Waals surface area (Å²) >= 11 is 0. The molecule has 0 unspecified atom stereocenters. The molecule has 0 aliphatic carbocycles. The lowest BCUT2D eigenvalue weighted by molar-refractivity contribution is 0.283. The van der Waals surface area contributed by atoms with E-state index in [9.17, 15) is 0 Å². The van der Waals surface area contributed by atoms with E-state index in [1.807, 2.05) is 24.3 Å². The average molecular weight is 174 g/mol. The molecule has 66 valence electrons. The van der Waals surface area contributed by atoms with Crippen molar-refractivity contribution in [3.63, 3.8) is 0 Å². The maximum atomic E-state index is 9.08. The molecule has 0 aliphatic rings. The van der Waals surface area contributed by atoms with Crippen LogP contribution < -0.4 is 5.73 Å². The third-order valence-electron chi connectivity index (χ3n) is 2.08. The Morgan fingerprint density at radius 1 is 1.31 bits per heavy atom. The van der Waals surface area contributed by atoms with E-state index in [1.54, 1.807) is 6.20 Å². The highest BCUT2D eigenvalue weighted by Crippen LogP contribution is 2.22. The second kappa shape index (κ2) is 3.03. The van der Waals surface area contributed by atoms with Crippen LogP contribution in [-0.4, -0.2) is 10.1 Å². The average Bonchev–Trinajstić information content (AvgIpc) is 2.17. The molecule has 2 rings (SSSR count). The lowest BCUT2D eigenvalue weighted by Gasteiger charge is -2.04. The van der Waals surface area contributed by atoms with Gasteiger partial charge in [0.05, 0.1) is 6.61 Å². The summed E-state index contributed by atoms with van der Waals surface area (Å²) in [5, 5.41) is 10.9. The van der Waals surface area contributed by atoms with Crippen LogP contribution in [0.25, 0.3) is 10.8 Å². The Bertz CT molecular complexity index is 435. The third kappa shape index (κ3) is 1.23. The predicted octanol–water partition coefficient (Wildman–Crippen LogP) is 1.31. The fraction of sp³-hybridized carbons (Fsp3) is 0.100. The first-order valence-corrected chi connectivity index (χ1v) is 4.06. The highest BCUT2D eigenvalue weighted by Gasteiger charge is 2.02. The molecule has 2 aromatic rings. The van der Waals surface area contributed by atoms with Gasteiger partial charge in [-0.25, -0.2) is 4.98 Å². The Kier molecular flexibility index (Phi) is 1.87. The van der Waals surface area contributed by atoms with Gasteiger partial charge in [0.15, 0.2) is 0 Å². The minimum atomic E-state index is -0.00671. The van der Waals surface area contributed by atoms with Crippen LogP contribution in [0.3, 0.4) is 0 Å². The number of hydrogen-bond donors (Lipinski definition) is 2. The molecule has 0 saturated heterocycles. The van der Waals surface area contributed by atoms with Crippen molar-refractivity contribution < 1.29 is 5.11 Å². The van der Waals surface area contributed by atoms with Gasteiger partial charge in [0, 0.05) is 11.6 Å². The predicted molar refractivity (Wildman–Crippen MR) is 52.1 cm³/mol. The normalized spacial score (nSPS) is 10.5. The van der Waals surface area contributed by atoms with Crippen LogP contribution in [0.4, 0.5) is 5.82 Å². The van der Waals surface area contributed by atoms with Crippen molar-refractivity contribution in [1.82, 2.24) is 4.98 Å². The molecular formula is C10H10N2O. The lowest BCUT2D eigenvalue weighted by Crippen LogP contribution is -1.94. The molecule has 0 radical (unpaired) electrons. The molecule has 3 heteroatoms. The second-order valence-corrected chi connectivity index (χ2v) is 2.87. The van der Waals surface area contributed by atoms with Crippen molar-refractivity contribution in [1.29, 1.82) is 0 Å². The summed E-state index contributed by atoms with van der Waals surface area (Å²) in [4.78, 5) is 3.98. The van der Waals surface area contributed by atoms with Crippen molar-refractivity contribution in [2.45, 2.75) is 6.61 Å². The van der Waals surface area contributed by atoms with E-state index in [2.05, 4.69) is 4.98 Å². The Morgan fingerprint density at radius 3 is 2.92 bits per heavy atom. The fourth-order valence-corrected chi connectivity index (χ4v) is 1.47. The number of anilines is 1. The molecular weight excluding hydrogens is 164 g/mol. The van der Waals surface area contributed by atoms with E-state index < -0.39 is 0 Å². The van der Waals surface area contributed by atoms with Gasteiger partial charge in [-0.2, -0.15) is 0 Å². The Hall–Kier alpha value is -1.61. The SMILES string of the molecule is Nc1nccc2cccc(CO)c12. The highest BCUT2D eigenvalue weighted by atomic mass is 16.3. The fourth-order valence-electron chi connectivity index (χ4n) is 1.47. The van der Waals surface area contributed by atoms with Gasteiger partial charge in [0.25, 0.3) is 0 Å². The van der Waals surface area contributed by atoms with Gasteiger partial charge < -0.3 is 10.8 Å². The molecule has 1 heterocycles. The van der Waals surface area contributed by atoms with Crippen molar-refractivity contribution in [3.05, 3.63) is 36.0 Å². The van der Waals surface area contributed by atoms with Gasteiger partial charge in [-0.05, 0) is 17.0 Å². The number of fused-ring (bicyclic) bond motifs is 1. The maximum absolute atomic E-state index is 9.08. The van der Waals surface area contributed by atoms with E-state index in [0.29, 0.717) is 5.82 Å². The largest absolute Gasteiger partial charge is 0.392 e. The van der Waals surface area contributed by atoms with E-state index in [1.165, 1.54) is 0 Å². The number of nitrogen functional groups attached to an aromatic ring is 1. The first kappa shape index (κ1) is 8.01. The summed E-state index contributed by atoms with van der Waals surface area (Å²) in [7, 11) is 0. The van der Waals surface area contributed by atoms with Crippen LogP contribution >= 0.6 is 0 Å². The number of aromatic nitrogens is 1. The molecule has 13 heavy (non-hydrogen) atoms. The molecule has 0 atom stereocenters. The van der Waals surface area contributed by atoms with E-state index in [0.717, 1.165) is 16.3 Å². The van der Waals surface area contributed by atoms with E-state index in [-0.39, 0.29) is 6.61 Å². The minimum Gasteiger partial charge on any atom is -0.392 e. The quantitative estimate of drug-likeness (QED) is 0.685. The van der Waals surface area contributed by atoms with Crippen LogP contribution in [0.1, 0.15) is 5.56 Å². The van der Waals surface area contributed by atoms with Crippen molar-refractivity contribution >= 4 is 16.6 Å². The molecule has 1 aromatic heterocycles. The number of nitrogens with zero attached hydrogens (tertiary/aromatic N) is 1. The summed E-state index contributed by atoms with van der Waals surface area (Å²) < 4.78 is 0. The second-order valence-electron chi connectivity index (χ2n) is 2.87. The van der Waals surface area contributed by atoms with Gasteiger partial charge >= 0.3 is 0 Å². The number of rotatable bonds is 1. The highest BCUT2D eigenvalue weighted by molar-refractivity contribution is 5.93. The standard InChI is InChI=1S/C10H10N2O/c11-10-9-7(4-5-12-10)2-1-3-8(9)6-13/h1-5,13H,6H2,(H2,11,12). The van der Waals surface area contributed by atoms with Crippen molar-refractivity contribution in [2.75, 3.05) is 5.73 Å². The number of nitrogens with two attached hydrogens (primary N) is 1. The zero-order chi connectivity index (χ0) is 9.26. The van der Waals surface area contributed by atoms with Crippen LogP contribution in [0.15, 0.2) is 30.5 Å². The molecule has 0 amide bonds. The smallest absolute Gasteiger partial charge is 0.131 e. The molecule has 0 spiro atoms. The van der Waals surface area contributed by atoms with Crippen LogP contribution in [0.2, 0.25) is 0 Å². The summed E-state index contributed by atoms with van der Waals surface area (Å²) in [6.07, 6.45) is 1.67. The molecule has 0 bridgehead atoms. The van der Waals surface area contributed by atoms with Crippen molar-refractivity contribution in [2.24, 2.45) is 0 Å². The van der Waals surface area contributed by atoms with E-state index in [4.69, 9.17) is 10.8 Å². The number of benzene rings is 1. The number of aliphatic hydroxyl groups is 1. The zero-order valence-corrected chi connectivity index (χ0v) is 7.07. The summed E-state index contributed by atoms with van der Waals surface area (Å²) in [6.45, 7) is -0.00671. The molecule has 3 nitrogen and oxygen atoms in total. The van der Waals surface area contributed by atoms with Crippen LogP contribution in [0.5, 0.6) is 0 Å². The number of aliphatic hydroxyl groups excluding tert-OH is 1. The zero-order valence-electron chi connectivity index (χ0n) is 7.07. The maximum Gasteiger partial charge on any atom is 0.131 e. The summed E-state index contributed by atoms with van der Waals surface area (Å²) in [5.41, 5.74) is 6.53. The monoisotopic (exact) mass is 174 g/mol. The summed E-state index contributed by atoms with van der Waals surface area (Å²) in [5.74, 6) is 0.474. The molecule has 0 fully saturated rings. The molecule has 3 N–H and O–H groups in total. The Balaban J connectivity index is 2.87. The topological polar surface area (TPSA) is 59.1 Å². The Labute approximate surface area is 75.8 Å². The number of hydrogen-bond acceptors (Lipinski definition) is 3. The van der Waals surface area contributed by atoms with Gasteiger partial charge in [-0.1, -0.05) is 18.2 Å². The van der Waals surface area contributed by atoms with Gasteiger partial charge in [-0.15, -0.1) is 0 Å². The molecule has 1 aromatic carbocycles. The Morgan fingerprint density at radius 2 is 2.15 bits per heavy atom. The first-order chi connectivity index (χ1) is 6.33. The minimum absolute atomic E-state index is 0.00671.